The highest BCUT2D eigenvalue weighted by Gasteiger charge is 2.05. The van der Waals surface area contributed by atoms with Gasteiger partial charge in [-0.2, -0.15) is 0 Å². The van der Waals surface area contributed by atoms with E-state index in [0.29, 0.717) is 7.92 Å². The Morgan fingerprint density at radius 2 is 0.929 bits per heavy atom. The summed E-state index contributed by atoms with van der Waals surface area (Å²) in [6, 6.07) is 0. The fraction of sp³-hybridized carbons (Fsp3) is 1.00. The molecule has 0 unspecified atom stereocenters. The van der Waals surface area contributed by atoms with Crippen molar-refractivity contribution in [2.75, 3.05) is 18.5 Å². The van der Waals surface area contributed by atoms with Crippen LogP contribution in [0.25, 0.3) is 0 Å². The van der Waals surface area contributed by atoms with Gasteiger partial charge in [-0.05, 0) is 37.7 Å². The third-order valence-electron chi connectivity index (χ3n) is 2.48. The van der Waals surface area contributed by atoms with E-state index in [4.69, 9.17) is 0 Å². The lowest BCUT2D eigenvalue weighted by Crippen LogP contribution is -1.95. The SMILES string of the molecule is CCCCP(CCCC)CCCC.[B]. The van der Waals surface area contributed by atoms with Crippen molar-refractivity contribution in [3.63, 3.8) is 0 Å². The van der Waals surface area contributed by atoms with Gasteiger partial charge in [-0.15, -0.1) is 7.92 Å². The van der Waals surface area contributed by atoms with Gasteiger partial charge in [0.2, 0.25) is 0 Å². The minimum Gasteiger partial charge on any atom is -0.107 e. The first-order chi connectivity index (χ1) is 6.35. The van der Waals surface area contributed by atoms with Crippen LogP contribution in [0.2, 0.25) is 0 Å². The predicted molar refractivity (Wildman–Crippen MR) is 72.0 cm³/mol. The lowest BCUT2D eigenvalue weighted by atomic mass is 10.4. The Morgan fingerprint density at radius 3 is 1.14 bits per heavy atom. The molecule has 0 N–H and O–H groups in total. The minimum absolute atomic E-state index is 0. The van der Waals surface area contributed by atoms with Crippen LogP contribution >= 0.6 is 7.92 Å². The third-order valence-corrected chi connectivity index (χ3v) is 5.33. The van der Waals surface area contributed by atoms with Gasteiger partial charge in [0.1, 0.15) is 0 Å². The second-order valence-corrected chi connectivity index (χ2v) is 6.59. The Morgan fingerprint density at radius 1 is 0.643 bits per heavy atom. The van der Waals surface area contributed by atoms with E-state index in [1.54, 1.807) is 18.5 Å². The van der Waals surface area contributed by atoms with Gasteiger partial charge >= 0.3 is 0 Å². The molecule has 0 fully saturated rings. The van der Waals surface area contributed by atoms with Crippen LogP contribution in [0.5, 0.6) is 0 Å². The highest BCUT2D eigenvalue weighted by Crippen LogP contribution is 2.38. The number of hydrogen-bond acceptors (Lipinski definition) is 0. The molecule has 83 valence electrons. The van der Waals surface area contributed by atoms with Crippen LogP contribution in [0.4, 0.5) is 0 Å². The second-order valence-electron chi connectivity index (χ2n) is 3.90. The molecule has 0 atom stereocenters. The van der Waals surface area contributed by atoms with Gasteiger partial charge in [-0.25, -0.2) is 0 Å². The van der Waals surface area contributed by atoms with Gasteiger partial charge in [0.05, 0.1) is 0 Å². The summed E-state index contributed by atoms with van der Waals surface area (Å²) < 4.78 is 0. The quantitative estimate of drug-likeness (QED) is 0.391. The van der Waals surface area contributed by atoms with E-state index >= 15 is 0 Å². The molecule has 0 bridgehead atoms. The molecule has 0 aromatic heterocycles. The van der Waals surface area contributed by atoms with Crippen LogP contribution < -0.4 is 0 Å². The molecular weight excluding hydrogens is 186 g/mol. The topological polar surface area (TPSA) is 0 Å². The zero-order valence-electron chi connectivity index (χ0n) is 10.4. The molecule has 0 aliphatic carbocycles. The standard InChI is InChI=1S/C12H27P.B/c1-4-7-10-13(11-8-5-2)12-9-6-3;/h4-12H2,1-3H3;. The molecule has 3 radical (unpaired) electrons. The molecule has 0 saturated heterocycles. The molecule has 0 saturated carbocycles. The van der Waals surface area contributed by atoms with Crippen molar-refractivity contribution >= 4 is 16.3 Å². The highest BCUT2D eigenvalue weighted by molar-refractivity contribution is 7.57. The average Bonchev–Trinajstić information content (AvgIpc) is 2.17. The normalized spacial score (nSPS) is 10.3. The molecule has 2 heteroatoms. The molecule has 0 aliphatic heterocycles. The molecule has 0 amide bonds. The summed E-state index contributed by atoms with van der Waals surface area (Å²) in [7, 11) is 0.422. The Labute approximate surface area is 94.6 Å². The van der Waals surface area contributed by atoms with Gasteiger partial charge in [0, 0.05) is 8.41 Å². The molecular formula is C12H27BP. The Balaban J connectivity index is 0. The molecule has 0 aliphatic rings. The Bertz CT molecular complexity index is 77.3. The molecule has 0 spiro atoms. The first-order valence-corrected chi connectivity index (χ1v) is 7.97. The van der Waals surface area contributed by atoms with Crippen LogP contribution in [-0.2, 0) is 0 Å². The monoisotopic (exact) mass is 213 g/mol. The van der Waals surface area contributed by atoms with Gasteiger partial charge in [0.25, 0.3) is 0 Å². The maximum absolute atomic E-state index is 2.31. The van der Waals surface area contributed by atoms with Crippen molar-refractivity contribution in [2.45, 2.75) is 59.3 Å². The van der Waals surface area contributed by atoms with E-state index in [-0.39, 0.29) is 8.41 Å². The van der Waals surface area contributed by atoms with Crippen LogP contribution in [0.1, 0.15) is 59.3 Å². The summed E-state index contributed by atoms with van der Waals surface area (Å²) in [5, 5.41) is 0. The van der Waals surface area contributed by atoms with Crippen molar-refractivity contribution in [3.8, 4) is 0 Å². The van der Waals surface area contributed by atoms with Crippen molar-refractivity contribution in [3.05, 3.63) is 0 Å². The van der Waals surface area contributed by atoms with Crippen molar-refractivity contribution in [1.29, 1.82) is 0 Å². The lowest BCUT2D eigenvalue weighted by molar-refractivity contribution is 0.847. The van der Waals surface area contributed by atoms with E-state index in [1.165, 1.54) is 38.5 Å². The highest BCUT2D eigenvalue weighted by atomic mass is 31.1. The molecule has 0 rings (SSSR count). The van der Waals surface area contributed by atoms with Gasteiger partial charge in [0.15, 0.2) is 0 Å². The maximum Gasteiger partial charge on any atom is 0 e. The summed E-state index contributed by atoms with van der Waals surface area (Å²) in [6.07, 6.45) is 13.2. The van der Waals surface area contributed by atoms with E-state index in [9.17, 15) is 0 Å². The van der Waals surface area contributed by atoms with E-state index < -0.39 is 0 Å². The number of unbranched alkanes of at least 4 members (excludes halogenated alkanes) is 3. The summed E-state index contributed by atoms with van der Waals surface area (Å²) in [5.41, 5.74) is 0. The molecule has 0 aromatic rings. The summed E-state index contributed by atoms with van der Waals surface area (Å²) in [5.74, 6) is 0. The summed E-state index contributed by atoms with van der Waals surface area (Å²) >= 11 is 0. The van der Waals surface area contributed by atoms with Crippen LogP contribution in [0, 0.1) is 0 Å². The largest absolute Gasteiger partial charge is 0.107 e. The zero-order valence-corrected chi connectivity index (χ0v) is 11.3. The van der Waals surface area contributed by atoms with Crippen LogP contribution in [0.3, 0.4) is 0 Å². The fourth-order valence-electron chi connectivity index (χ4n) is 1.48. The average molecular weight is 213 g/mol. The van der Waals surface area contributed by atoms with E-state index in [0.717, 1.165) is 0 Å². The number of rotatable bonds is 9. The first kappa shape index (κ1) is 16.9. The molecule has 0 nitrogen and oxygen atoms in total. The van der Waals surface area contributed by atoms with Gasteiger partial charge in [-0.1, -0.05) is 40.0 Å². The minimum atomic E-state index is 0. The maximum atomic E-state index is 2.31. The van der Waals surface area contributed by atoms with Crippen LogP contribution in [-0.4, -0.2) is 26.9 Å². The molecule has 0 aromatic carbocycles. The lowest BCUT2D eigenvalue weighted by Gasteiger charge is -2.16. The fourth-order valence-corrected chi connectivity index (χ4v) is 4.44. The van der Waals surface area contributed by atoms with Gasteiger partial charge < -0.3 is 0 Å². The Kier molecular flexibility index (Phi) is 16.3. The summed E-state index contributed by atoms with van der Waals surface area (Å²) in [6.45, 7) is 6.94. The zero-order chi connectivity index (χ0) is 9.94. The van der Waals surface area contributed by atoms with E-state index in [1.807, 2.05) is 0 Å². The molecule has 14 heavy (non-hydrogen) atoms. The first-order valence-electron chi connectivity index (χ1n) is 6.07. The van der Waals surface area contributed by atoms with Crippen molar-refractivity contribution in [2.24, 2.45) is 0 Å². The predicted octanol–water partition coefficient (Wildman–Crippen LogP) is 4.49. The summed E-state index contributed by atoms with van der Waals surface area (Å²) in [4.78, 5) is 0. The third kappa shape index (κ3) is 10.6. The Hall–Kier alpha value is 0.495. The van der Waals surface area contributed by atoms with Crippen molar-refractivity contribution in [1.82, 2.24) is 0 Å². The smallest absolute Gasteiger partial charge is 0 e. The number of hydrogen-bond donors (Lipinski definition) is 0. The van der Waals surface area contributed by atoms with E-state index in [2.05, 4.69) is 20.8 Å². The second kappa shape index (κ2) is 13.5. The van der Waals surface area contributed by atoms with Crippen LogP contribution in [0.15, 0.2) is 0 Å². The van der Waals surface area contributed by atoms with Gasteiger partial charge in [-0.3, -0.25) is 0 Å². The van der Waals surface area contributed by atoms with Crippen molar-refractivity contribution < 1.29 is 0 Å². The molecule has 0 heterocycles.